The van der Waals surface area contributed by atoms with Gasteiger partial charge in [0, 0.05) is 13.2 Å². The molecule has 0 amide bonds. The van der Waals surface area contributed by atoms with Gasteiger partial charge in [-0.25, -0.2) is 4.98 Å². The molecule has 13 heavy (non-hydrogen) atoms. The Morgan fingerprint density at radius 2 is 2.46 bits per heavy atom. The number of pyridine rings is 1. The van der Waals surface area contributed by atoms with Crippen molar-refractivity contribution in [2.45, 2.75) is 6.92 Å². The van der Waals surface area contributed by atoms with E-state index in [9.17, 15) is 0 Å². The predicted molar refractivity (Wildman–Crippen MR) is 49.9 cm³/mol. The highest BCUT2D eigenvalue weighted by atomic mass is 16.7. The summed E-state index contributed by atoms with van der Waals surface area (Å²) in [7, 11) is 1.92. The summed E-state index contributed by atoms with van der Waals surface area (Å²) >= 11 is 0. The fraction of sp³-hybridized carbons (Fsp3) is 0.375. The van der Waals surface area contributed by atoms with Crippen molar-refractivity contribution < 1.29 is 4.84 Å². The van der Waals surface area contributed by atoms with E-state index in [1.165, 1.54) is 0 Å². The van der Waals surface area contributed by atoms with Gasteiger partial charge in [-0.3, -0.25) is 9.85 Å². The molecular formula is C8H12N4O. The normalized spacial score (nSPS) is 14.9. The van der Waals surface area contributed by atoms with E-state index in [0.29, 0.717) is 6.61 Å². The van der Waals surface area contributed by atoms with Gasteiger partial charge in [0.25, 0.3) is 0 Å². The maximum Gasteiger partial charge on any atom is 0.197 e. The molecule has 0 radical (unpaired) electrons. The third-order valence-corrected chi connectivity index (χ3v) is 1.82. The van der Waals surface area contributed by atoms with Gasteiger partial charge in [-0.05, 0) is 19.1 Å². The molecule has 5 nitrogen and oxygen atoms in total. The fourth-order valence-electron chi connectivity index (χ4n) is 1.26. The van der Waals surface area contributed by atoms with Crippen molar-refractivity contribution in [2.75, 3.05) is 23.8 Å². The minimum Gasteiger partial charge on any atom is -0.288 e. The maximum absolute atomic E-state index is 5.32. The molecule has 2 heterocycles. The lowest BCUT2D eigenvalue weighted by molar-refractivity contribution is 0.0966. The zero-order valence-electron chi connectivity index (χ0n) is 7.69. The number of anilines is 2. The summed E-state index contributed by atoms with van der Waals surface area (Å²) in [6.07, 6.45) is 1.74. The predicted octanol–water partition coefficient (Wildman–Crippen LogP) is 0.709. The van der Waals surface area contributed by atoms with Crippen LogP contribution in [0.25, 0.3) is 0 Å². The van der Waals surface area contributed by atoms with Gasteiger partial charge < -0.3 is 0 Å². The van der Waals surface area contributed by atoms with E-state index in [4.69, 9.17) is 4.84 Å². The summed E-state index contributed by atoms with van der Waals surface area (Å²) in [5.74, 6) is 0.798. The highest BCUT2D eigenvalue weighted by Crippen LogP contribution is 2.28. The van der Waals surface area contributed by atoms with Gasteiger partial charge in [0.1, 0.15) is 0 Å². The molecule has 70 valence electrons. The van der Waals surface area contributed by atoms with Crippen molar-refractivity contribution >= 4 is 11.5 Å². The first-order valence-corrected chi connectivity index (χ1v) is 4.21. The van der Waals surface area contributed by atoms with Crippen LogP contribution in [0.2, 0.25) is 0 Å². The van der Waals surface area contributed by atoms with Crippen molar-refractivity contribution in [1.29, 1.82) is 0 Å². The number of rotatable bonds is 2. The lowest BCUT2D eigenvalue weighted by Crippen LogP contribution is -2.42. The topological polar surface area (TPSA) is 40.6 Å². The number of aromatic nitrogens is 1. The SMILES string of the molecule is CCON1NN(C)c2cccnc21. The Morgan fingerprint density at radius 3 is 3.23 bits per heavy atom. The molecule has 0 bridgehead atoms. The molecule has 0 unspecified atom stereocenters. The van der Waals surface area contributed by atoms with E-state index in [2.05, 4.69) is 10.5 Å². The third-order valence-electron chi connectivity index (χ3n) is 1.82. The van der Waals surface area contributed by atoms with Crippen LogP contribution in [0.1, 0.15) is 6.92 Å². The van der Waals surface area contributed by atoms with Crippen molar-refractivity contribution in [3.63, 3.8) is 0 Å². The van der Waals surface area contributed by atoms with E-state index in [-0.39, 0.29) is 0 Å². The molecule has 1 aliphatic heterocycles. The molecule has 5 heteroatoms. The van der Waals surface area contributed by atoms with Gasteiger partial charge in [0.2, 0.25) is 0 Å². The Morgan fingerprint density at radius 1 is 1.62 bits per heavy atom. The molecule has 0 fully saturated rings. The molecule has 0 atom stereocenters. The highest BCUT2D eigenvalue weighted by molar-refractivity contribution is 5.68. The van der Waals surface area contributed by atoms with Crippen molar-refractivity contribution in [3.05, 3.63) is 18.3 Å². The standard InChI is InChI=1S/C8H12N4O/c1-3-13-12-8-7(11(2)10-12)5-4-6-9-8/h4-6,10H,3H2,1-2H3. The average Bonchev–Trinajstić information content (AvgIpc) is 2.46. The quantitative estimate of drug-likeness (QED) is 0.725. The summed E-state index contributed by atoms with van der Waals surface area (Å²) in [5.41, 5.74) is 4.01. The molecule has 0 saturated carbocycles. The van der Waals surface area contributed by atoms with E-state index in [0.717, 1.165) is 11.5 Å². The molecule has 1 aliphatic rings. The molecule has 0 aromatic carbocycles. The van der Waals surface area contributed by atoms with Crippen LogP contribution in [-0.4, -0.2) is 18.6 Å². The van der Waals surface area contributed by atoms with Crippen molar-refractivity contribution in [2.24, 2.45) is 0 Å². The summed E-state index contributed by atoms with van der Waals surface area (Å²) in [6.45, 7) is 2.54. The molecular weight excluding hydrogens is 168 g/mol. The Labute approximate surface area is 76.8 Å². The fourth-order valence-corrected chi connectivity index (χ4v) is 1.26. The summed E-state index contributed by atoms with van der Waals surface area (Å²) in [4.78, 5) is 9.52. The minimum atomic E-state index is 0.608. The van der Waals surface area contributed by atoms with Crippen LogP contribution < -0.4 is 15.7 Å². The Bertz CT molecular complexity index is 304. The first-order valence-electron chi connectivity index (χ1n) is 4.21. The second kappa shape index (κ2) is 3.20. The van der Waals surface area contributed by atoms with E-state index >= 15 is 0 Å². The highest BCUT2D eigenvalue weighted by Gasteiger charge is 2.24. The average molecular weight is 180 g/mol. The van der Waals surface area contributed by atoms with Crippen LogP contribution >= 0.6 is 0 Å². The van der Waals surface area contributed by atoms with Gasteiger partial charge in [0.05, 0.1) is 12.3 Å². The minimum absolute atomic E-state index is 0.608. The van der Waals surface area contributed by atoms with Crippen LogP contribution in [0.4, 0.5) is 11.5 Å². The van der Waals surface area contributed by atoms with E-state index in [1.807, 2.05) is 31.1 Å². The van der Waals surface area contributed by atoms with Crippen molar-refractivity contribution in [3.8, 4) is 0 Å². The first kappa shape index (κ1) is 8.28. The molecule has 2 rings (SSSR count). The van der Waals surface area contributed by atoms with Crippen LogP contribution in [0.5, 0.6) is 0 Å². The zero-order chi connectivity index (χ0) is 9.26. The second-order valence-electron chi connectivity index (χ2n) is 2.72. The van der Waals surface area contributed by atoms with Crippen molar-refractivity contribution in [1.82, 2.24) is 10.5 Å². The summed E-state index contributed by atoms with van der Waals surface area (Å²) in [6, 6.07) is 3.88. The third kappa shape index (κ3) is 1.32. The van der Waals surface area contributed by atoms with Gasteiger partial charge in [-0.15, -0.1) is 10.7 Å². The monoisotopic (exact) mass is 180 g/mol. The lowest BCUT2D eigenvalue weighted by Gasteiger charge is -2.16. The second-order valence-corrected chi connectivity index (χ2v) is 2.72. The number of hydrazine groups is 2. The van der Waals surface area contributed by atoms with Crippen LogP contribution in [0.3, 0.4) is 0 Å². The van der Waals surface area contributed by atoms with E-state index in [1.54, 1.807) is 11.4 Å². The molecule has 1 aromatic heterocycles. The number of hydrogen-bond acceptors (Lipinski definition) is 5. The number of nitrogens with one attached hydrogen (secondary N) is 1. The number of fused-ring (bicyclic) bond motifs is 1. The Hall–Kier alpha value is -1.33. The smallest absolute Gasteiger partial charge is 0.197 e. The maximum atomic E-state index is 5.32. The number of hydrogen-bond donors (Lipinski definition) is 1. The van der Waals surface area contributed by atoms with Gasteiger partial charge >= 0.3 is 0 Å². The molecule has 1 aromatic rings. The summed E-state index contributed by atoms with van der Waals surface area (Å²) in [5, 5.41) is 3.42. The molecule has 0 saturated heterocycles. The molecule has 1 N–H and O–H groups in total. The molecule has 0 aliphatic carbocycles. The van der Waals surface area contributed by atoms with Crippen LogP contribution in [0.15, 0.2) is 18.3 Å². The van der Waals surface area contributed by atoms with Gasteiger partial charge in [-0.1, -0.05) is 0 Å². The summed E-state index contributed by atoms with van der Waals surface area (Å²) < 4.78 is 0. The lowest BCUT2D eigenvalue weighted by atomic mass is 10.4. The largest absolute Gasteiger partial charge is 0.288 e. The Kier molecular flexibility index (Phi) is 2.03. The first-order chi connectivity index (χ1) is 6.33. The van der Waals surface area contributed by atoms with Gasteiger partial charge in [0.15, 0.2) is 5.82 Å². The molecule has 0 spiro atoms. The Balaban J connectivity index is 2.30. The van der Waals surface area contributed by atoms with Crippen LogP contribution in [0, 0.1) is 0 Å². The van der Waals surface area contributed by atoms with Crippen LogP contribution in [-0.2, 0) is 4.84 Å². The zero-order valence-corrected chi connectivity index (χ0v) is 7.69. The number of nitrogens with zero attached hydrogens (tertiary/aromatic N) is 3. The van der Waals surface area contributed by atoms with E-state index < -0.39 is 0 Å². The van der Waals surface area contributed by atoms with Gasteiger partial charge in [-0.2, -0.15) is 0 Å².